The molecule has 0 saturated carbocycles. The van der Waals surface area contributed by atoms with Gasteiger partial charge in [-0.05, 0) is 14.0 Å². The van der Waals surface area contributed by atoms with Crippen molar-refractivity contribution in [1.82, 2.24) is 19.9 Å². The first-order chi connectivity index (χ1) is 8.08. The van der Waals surface area contributed by atoms with Crippen molar-refractivity contribution in [2.75, 3.05) is 33.2 Å². The highest BCUT2D eigenvalue weighted by molar-refractivity contribution is 4.96. The average Bonchev–Trinajstić information content (AvgIpc) is 2.78. The number of nitrogens with zero attached hydrogens (tertiary/aromatic N) is 4. The van der Waals surface area contributed by atoms with E-state index in [9.17, 15) is 0 Å². The van der Waals surface area contributed by atoms with Gasteiger partial charge in [-0.3, -0.25) is 4.90 Å². The molecule has 1 aliphatic rings. The average molecular weight is 238 g/mol. The zero-order valence-electron chi connectivity index (χ0n) is 11.2. The van der Waals surface area contributed by atoms with Crippen LogP contribution in [0.4, 0.5) is 0 Å². The van der Waals surface area contributed by atoms with E-state index in [-0.39, 0.29) is 6.04 Å². The molecule has 1 atom stereocenters. The van der Waals surface area contributed by atoms with Crippen LogP contribution in [0.2, 0.25) is 0 Å². The van der Waals surface area contributed by atoms with E-state index in [1.807, 2.05) is 0 Å². The fourth-order valence-electron chi connectivity index (χ4n) is 2.02. The summed E-state index contributed by atoms with van der Waals surface area (Å²) in [6.07, 6.45) is 0. The molecule has 0 unspecified atom stereocenters. The third kappa shape index (κ3) is 2.84. The zero-order valence-corrected chi connectivity index (χ0v) is 11.2. The second-order valence-electron chi connectivity index (χ2n) is 5.16. The molecule has 1 saturated heterocycles. The summed E-state index contributed by atoms with van der Waals surface area (Å²) in [6, 6.07) is 0.226. The van der Waals surface area contributed by atoms with Gasteiger partial charge in [-0.2, -0.15) is 4.98 Å². The lowest BCUT2D eigenvalue weighted by Crippen LogP contribution is -2.45. The Labute approximate surface area is 103 Å². The summed E-state index contributed by atoms with van der Waals surface area (Å²) in [5, 5.41) is 4.02. The molecule has 0 spiro atoms. The van der Waals surface area contributed by atoms with E-state index in [1.165, 1.54) is 0 Å². The monoisotopic (exact) mass is 238 g/mol. The zero-order chi connectivity index (χ0) is 12.4. The van der Waals surface area contributed by atoms with Crippen molar-refractivity contribution in [3.05, 3.63) is 11.7 Å². The molecule has 0 aromatic carbocycles. The van der Waals surface area contributed by atoms with E-state index < -0.39 is 0 Å². The number of piperazine rings is 1. The highest BCUT2D eigenvalue weighted by atomic mass is 16.5. The van der Waals surface area contributed by atoms with Crippen LogP contribution in [0.3, 0.4) is 0 Å². The molecular formula is C12H22N4O. The Hall–Kier alpha value is -0.940. The Morgan fingerprint density at radius 1 is 1.12 bits per heavy atom. The van der Waals surface area contributed by atoms with E-state index in [0.29, 0.717) is 5.92 Å². The first-order valence-corrected chi connectivity index (χ1v) is 6.34. The third-order valence-electron chi connectivity index (χ3n) is 3.42. The Morgan fingerprint density at radius 2 is 1.76 bits per heavy atom. The predicted octanol–water partition coefficient (Wildman–Crippen LogP) is 1.50. The highest BCUT2D eigenvalue weighted by Crippen LogP contribution is 2.21. The fraction of sp³-hybridized carbons (Fsp3) is 0.833. The molecule has 1 aliphatic heterocycles. The van der Waals surface area contributed by atoms with Gasteiger partial charge in [0.1, 0.15) is 0 Å². The van der Waals surface area contributed by atoms with Gasteiger partial charge in [0.2, 0.25) is 5.89 Å². The molecule has 0 amide bonds. The maximum Gasteiger partial charge on any atom is 0.243 e. The molecule has 0 aliphatic carbocycles. The number of likely N-dealkylation sites (N-methyl/N-ethyl adjacent to an activating group) is 1. The van der Waals surface area contributed by atoms with Crippen molar-refractivity contribution in [2.24, 2.45) is 0 Å². The molecule has 1 fully saturated rings. The normalized spacial score (nSPS) is 21.0. The highest BCUT2D eigenvalue weighted by Gasteiger charge is 2.24. The SMILES string of the molecule is CC(C)c1noc([C@@H](C)N2CCN(C)CC2)n1. The molecule has 5 nitrogen and oxygen atoms in total. The molecule has 2 rings (SSSR count). The van der Waals surface area contributed by atoms with E-state index in [0.717, 1.165) is 37.9 Å². The van der Waals surface area contributed by atoms with Crippen molar-refractivity contribution < 1.29 is 4.52 Å². The summed E-state index contributed by atoms with van der Waals surface area (Å²) in [5.41, 5.74) is 0. The summed E-state index contributed by atoms with van der Waals surface area (Å²) in [5.74, 6) is 1.88. The summed E-state index contributed by atoms with van der Waals surface area (Å²) in [4.78, 5) is 9.22. The quantitative estimate of drug-likeness (QED) is 0.798. The molecular weight excluding hydrogens is 216 g/mol. The Morgan fingerprint density at radius 3 is 2.29 bits per heavy atom. The van der Waals surface area contributed by atoms with Crippen LogP contribution in [0.1, 0.15) is 44.4 Å². The molecule has 0 N–H and O–H groups in total. The minimum Gasteiger partial charge on any atom is -0.338 e. The van der Waals surface area contributed by atoms with Gasteiger partial charge >= 0.3 is 0 Å². The molecule has 17 heavy (non-hydrogen) atoms. The van der Waals surface area contributed by atoms with Gasteiger partial charge in [0.05, 0.1) is 6.04 Å². The maximum atomic E-state index is 5.35. The summed E-state index contributed by atoms with van der Waals surface area (Å²) >= 11 is 0. The Kier molecular flexibility index (Phi) is 3.79. The maximum absolute atomic E-state index is 5.35. The van der Waals surface area contributed by atoms with Crippen LogP contribution < -0.4 is 0 Å². The number of hydrogen-bond acceptors (Lipinski definition) is 5. The summed E-state index contributed by atoms with van der Waals surface area (Å²) in [6.45, 7) is 10.6. The van der Waals surface area contributed by atoms with E-state index in [1.54, 1.807) is 0 Å². The second-order valence-corrected chi connectivity index (χ2v) is 5.16. The van der Waals surface area contributed by atoms with Gasteiger partial charge in [-0.25, -0.2) is 0 Å². The van der Waals surface area contributed by atoms with Gasteiger partial charge in [0.25, 0.3) is 0 Å². The van der Waals surface area contributed by atoms with Crippen LogP contribution >= 0.6 is 0 Å². The van der Waals surface area contributed by atoms with Crippen LogP contribution in [0, 0.1) is 0 Å². The van der Waals surface area contributed by atoms with E-state index in [4.69, 9.17) is 4.52 Å². The molecule has 1 aromatic heterocycles. The summed E-state index contributed by atoms with van der Waals surface area (Å²) < 4.78 is 5.35. The standard InChI is InChI=1S/C12H22N4O/c1-9(2)11-13-12(17-14-11)10(3)16-7-5-15(4)6-8-16/h9-10H,5-8H2,1-4H3/t10-/m1/s1. The van der Waals surface area contributed by atoms with Gasteiger partial charge in [0.15, 0.2) is 5.82 Å². The van der Waals surface area contributed by atoms with Crippen LogP contribution in [-0.2, 0) is 0 Å². The van der Waals surface area contributed by atoms with Gasteiger partial charge < -0.3 is 9.42 Å². The minimum absolute atomic E-state index is 0.226. The second kappa shape index (κ2) is 5.14. The Balaban J connectivity index is 2.01. The molecule has 0 radical (unpaired) electrons. The molecule has 1 aromatic rings. The third-order valence-corrected chi connectivity index (χ3v) is 3.42. The van der Waals surface area contributed by atoms with Crippen molar-refractivity contribution in [1.29, 1.82) is 0 Å². The van der Waals surface area contributed by atoms with Gasteiger partial charge in [0, 0.05) is 32.1 Å². The smallest absolute Gasteiger partial charge is 0.243 e. The van der Waals surface area contributed by atoms with Crippen LogP contribution in [0.5, 0.6) is 0 Å². The van der Waals surface area contributed by atoms with E-state index >= 15 is 0 Å². The van der Waals surface area contributed by atoms with Crippen LogP contribution in [0.15, 0.2) is 4.52 Å². The Bertz CT molecular complexity index is 355. The van der Waals surface area contributed by atoms with E-state index in [2.05, 4.69) is 47.8 Å². The molecule has 0 bridgehead atoms. The molecule has 5 heteroatoms. The lowest BCUT2D eigenvalue weighted by molar-refractivity contribution is 0.102. The van der Waals surface area contributed by atoms with Gasteiger partial charge in [-0.1, -0.05) is 19.0 Å². The summed E-state index contributed by atoms with van der Waals surface area (Å²) in [7, 11) is 2.16. The van der Waals surface area contributed by atoms with Crippen LogP contribution in [-0.4, -0.2) is 53.2 Å². The first kappa shape index (κ1) is 12.5. The first-order valence-electron chi connectivity index (χ1n) is 6.34. The lowest BCUT2D eigenvalue weighted by atomic mass is 10.2. The topological polar surface area (TPSA) is 45.4 Å². The lowest BCUT2D eigenvalue weighted by Gasteiger charge is -2.34. The van der Waals surface area contributed by atoms with Crippen molar-refractivity contribution in [3.63, 3.8) is 0 Å². The minimum atomic E-state index is 0.226. The predicted molar refractivity (Wildman–Crippen MR) is 65.9 cm³/mol. The van der Waals surface area contributed by atoms with Gasteiger partial charge in [-0.15, -0.1) is 0 Å². The van der Waals surface area contributed by atoms with Crippen molar-refractivity contribution in [2.45, 2.75) is 32.7 Å². The largest absolute Gasteiger partial charge is 0.338 e. The fourth-order valence-corrected chi connectivity index (χ4v) is 2.02. The molecule has 2 heterocycles. The number of aromatic nitrogens is 2. The van der Waals surface area contributed by atoms with Crippen molar-refractivity contribution >= 4 is 0 Å². The number of hydrogen-bond donors (Lipinski definition) is 0. The van der Waals surface area contributed by atoms with Crippen LogP contribution in [0.25, 0.3) is 0 Å². The van der Waals surface area contributed by atoms with Crippen molar-refractivity contribution in [3.8, 4) is 0 Å². The molecule has 96 valence electrons. The number of rotatable bonds is 3.